The van der Waals surface area contributed by atoms with Gasteiger partial charge in [-0.1, -0.05) is 18.2 Å². The third kappa shape index (κ3) is 4.27. The summed E-state index contributed by atoms with van der Waals surface area (Å²) in [5.41, 5.74) is -0.332. The van der Waals surface area contributed by atoms with Crippen molar-refractivity contribution in [3.63, 3.8) is 0 Å². The molecule has 0 bridgehead atoms. The second kappa shape index (κ2) is 8.43. The fourth-order valence-corrected chi connectivity index (χ4v) is 4.43. The van der Waals surface area contributed by atoms with Crippen LogP contribution in [-0.2, 0) is 22.6 Å². The van der Waals surface area contributed by atoms with Crippen molar-refractivity contribution in [3.05, 3.63) is 58.8 Å². The largest absolute Gasteiger partial charge is 0.454 e. The molecule has 0 spiro atoms. The Balaban J connectivity index is 1.45. The minimum Gasteiger partial charge on any atom is -0.454 e. The number of hydrogen-bond acceptors (Lipinski definition) is 6. The summed E-state index contributed by atoms with van der Waals surface area (Å²) in [4.78, 5) is 42.1. The molecule has 1 atom stereocenters. The van der Waals surface area contributed by atoms with Crippen LogP contribution in [0.4, 0.5) is 4.79 Å². The summed E-state index contributed by atoms with van der Waals surface area (Å²) in [5, 5.41) is 4.68. The number of amides is 4. The predicted molar refractivity (Wildman–Crippen MR) is 115 cm³/mol. The maximum Gasteiger partial charge on any atom is 0.325 e. The lowest BCUT2D eigenvalue weighted by Gasteiger charge is -2.24. The number of imide groups is 1. The van der Waals surface area contributed by atoms with E-state index in [2.05, 4.69) is 11.9 Å². The normalized spacial score (nSPS) is 19.5. The van der Waals surface area contributed by atoms with Gasteiger partial charge in [-0.05, 0) is 36.1 Å². The fourth-order valence-electron chi connectivity index (χ4n) is 3.71. The highest BCUT2D eigenvalue weighted by Gasteiger charge is 2.48. The highest BCUT2D eigenvalue weighted by atomic mass is 32.1. The maximum absolute atomic E-state index is 13.1. The molecule has 162 valence electrons. The smallest absolute Gasteiger partial charge is 0.325 e. The van der Waals surface area contributed by atoms with Crippen molar-refractivity contribution >= 4 is 29.2 Å². The topological polar surface area (TPSA) is 88.2 Å². The van der Waals surface area contributed by atoms with Crippen LogP contribution in [0, 0.1) is 0 Å². The Hall–Kier alpha value is -3.33. The van der Waals surface area contributed by atoms with Gasteiger partial charge in [-0.3, -0.25) is 14.5 Å². The number of benzene rings is 1. The van der Waals surface area contributed by atoms with Crippen molar-refractivity contribution in [2.24, 2.45) is 0 Å². The minimum atomic E-state index is -1.15. The van der Waals surface area contributed by atoms with Gasteiger partial charge in [0.2, 0.25) is 12.7 Å². The first-order valence-corrected chi connectivity index (χ1v) is 10.7. The number of ether oxygens (including phenoxy) is 2. The van der Waals surface area contributed by atoms with Crippen LogP contribution in [0.2, 0.25) is 0 Å². The van der Waals surface area contributed by atoms with Crippen molar-refractivity contribution < 1.29 is 23.9 Å². The van der Waals surface area contributed by atoms with Crippen molar-refractivity contribution in [2.75, 3.05) is 19.9 Å². The number of nitrogens with one attached hydrogen (secondary N) is 1. The number of fused-ring (bicyclic) bond motifs is 1. The number of urea groups is 1. The molecule has 1 N–H and O–H groups in total. The molecule has 0 aliphatic carbocycles. The molecule has 0 saturated carbocycles. The Kier molecular flexibility index (Phi) is 5.69. The van der Waals surface area contributed by atoms with Gasteiger partial charge < -0.3 is 19.7 Å². The number of nitrogens with zero attached hydrogens (tertiary/aromatic N) is 2. The maximum atomic E-state index is 13.1. The molecular weight excluding hydrogens is 418 g/mol. The molecule has 4 rings (SSSR count). The Bertz CT molecular complexity index is 1020. The minimum absolute atomic E-state index is 0.161. The van der Waals surface area contributed by atoms with E-state index in [-0.39, 0.29) is 25.7 Å². The molecule has 31 heavy (non-hydrogen) atoms. The molecule has 2 aliphatic heterocycles. The average Bonchev–Trinajstić information content (AvgIpc) is 3.45. The van der Waals surface area contributed by atoms with E-state index in [0.29, 0.717) is 24.6 Å². The van der Waals surface area contributed by atoms with E-state index in [0.717, 1.165) is 15.3 Å². The zero-order chi connectivity index (χ0) is 22.0. The number of carbonyl (C=O) groups excluding carboxylic acids is 3. The van der Waals surface area contributed by atoms with Crippen molar-refractivity contribution in [3.8, 4) is 11.5 Å². The quantitative estimate of drug-likeness (QED) is 0.502. The van der Waals surface area contributed by atoms with E-state index >= 15 is 0 Å². The molecule has 2 aromatic rings. The zero-order valence-electron chi connectivity index (χ0n) is 17.1. The molecular formula is C22H23N3O5S. The summed E-state index contributed by atoms with van der Waals surface area (Å²) in [5.74, 6) is 0.511. The first kappa shape index (κ1) is 20.9. The van der Waals surface area contributed by atoms with Gasteiger partial charge in [0.15, 0.2) is 11.5 Å². The van der Waals surface area contributed by atoms with E-state index in [1.54, 1.807) is 41.4 Å². The number of hydrogen-bond donors (Lipinski definition) is 1. The SMILES string of the molecule is C=CCN(Cc1cccs1)C(=O)CN1C(=O)N[C@@](C)(Cc2ccc3c(c2)OCO3)C1=O. The monoisotopic (exact) mass is 441 g/mol. The molecule has 1 aromatic carbocycles. The Morgan fingerprint density at radius 2 is 2.13 bits per heavy atom. The van der Waals surface area contributed by atoms with Gasteiger partial charge >= 0.3 is 6.03 Å². The second-order valence-electron chi connectivity index (χ2n) is 7.66. The molecule has 1 fully saturated rings. The lowest BCUT2D eigenvalue weighted by molar-refractivity contribution is -0.138. The molecule has 1 aromatic heterocycles. The summed E-state index contributed by atoms with van der Waals surface area (Å²) in [6.45, 7) is 5.94. The Labute approximate surface area is 184 Å². The standard InChI is InChI=1S/C22H23N3O5S/c1-3-8-24(12-16-5-4-9-31-16)19(26)13-25-20(27)22(2,23-21(25)28)11-15-6-7-17-18(10-15)30-14-29-17/h3-7,9-10H,1,8,11-14H2,2H3,(H,23,28)/t22-/m0/s1. The van der Waals surface area contributed by atoms with Crippen molar-refractivity contribution in [2.45, 2.75) is 25.4 Å². The lowest BCUT2D eigenvalue weighted by Crippen LogP contribution is -2.47. The number of carbonyl (C=O) groups is 3. The molecule has 9 heteroatoms. The van der Waals surface area contributed by atoms with Crippen LogP contribution in [-0.4, -0.2) is 53.1 Å². The third-order valence-electron chi connectivity index (χ3n) is 5.26. The van der Waals surface area contributed by atoms with E-state index in [9.17, 15) is 14.4 Å². The van der Waals surface area contributed by atoms with Crippen LogP contribution in [0.3, 0.4) is 0 Å². The van der Waals surface area contributed by atoms with Gasteiger partial charge in [-0.15, -0.1) is 17.9 Å². The van der Waals surface area contributed by atoms with Crippen LogP contribution >= 0.6 is 11.3 Å². The second-order valence-corrected chi connectivity index (χ2v) is 8.69. The van der Waals surface area contributed by atoms with E-state index < -0.39 is 17.5 Å². The summed E-state index contributed by atoms with van der Waals surface area (Å²) in [6.07, 6.45) is 1.89. The van der Waals surface area contributed by atoms with Crippen molar-refractivity contribution in [1.82, 2.24) is 15.1 Å². The van der Waals surface area contributed by atoms with Crippen LogP contribution in [0.25, 0.3) is 0 Å². The van der Waals surface area contributed by atoms with Gasteiger partial charge in [0.05, 0.1) is 6.54 Å². The van der Waals surface area contributed by atoms with E-state index in [4.69, 9.17) is 9.47 Å². The zero-order valence-corrected chi connectivity index (χ0v) is 17.9. The van der Waals surface area contributed by atoms with Crippen LogP contribution in [0.15, 0.2) is 48.4 Å². The first-order valence-electron chi connectivity index (χ1n) is 9.83. The average molecular weight is 442 g/mol. The third-order valence-corrected chi connectivity index (χ3v) is 6.12. The molecule has 2 aliphatic rings. The van der Waals surface area contributed by atoms with Gasteiger partial charge in [0.1, 0.15) is 12.1 Å². The predicted octanol–water partition coefficient (Wildman–Crippen LogP) is 2.54. The summed E-state index contributed by atoms with van der Waals surface area (Å²) < 4.78 is 10.7. The molecule has 3 heterocycles. The molecule has 8 nitrogen and oxygen atoms in total. The summed E-state index contributed by atoms with van der Waals surface area (Å²) in [6, 6.07) is 8.68. The Morgan fingerprint density at radius 3 is 2.87 bits per heavy atom. The highest BCUT2D eigenvalue weighted by Crippen LogP contribution is 2.34. The summed E-state index contributed by atoms with van der Waals surface area (Å²) in [7, 11) is 0. The molecule has 1 saturated heterocycles. The van der Waals surface area contributed by atoms with Gasteiger partial charge in [0.25, 0.3) is 5.91 Å². The van der Waals surface area contributed by atoms with E-state index in [1.807, 2.05) is 23.6 Å². The van der Waals surface area contributed by atoms with Gasteiger partial charge in [-0.25, -0.2) is 4.79 Å². The highest BCUT2D eigenvalue weighted by molar-refractivity contribution is 7.09. The molecule has 0 radical (unpaired) electrons. The lowest BCUT2D eigenvalue weighted by atomic mass is 9.92. The molecule has 0 unspecified atom stereocenters. The summed E-state index contributed by atoms with van der Waals surface area (Å²) >= 11 is 1.54. The van der Waals surface area contributed by atoms with Crippen LogP contribution in [0.5, 0.6) is 11.5 Å². The van der Waals surface area contributed by atoms with Gasteiger partial charge in [0, 0.05) is 17.8 Å². The number of thiophene rings is 1. The molecule has 4 amide bonds. The Morgan fingerprint density at radius 1 is 1.32 bits per heavy atom. The van der Waals surface area contributed by atoms with Gasteiger partial charge in [-0.2, -0.15) is 0 Å². The van der Waals surface area contributed by atoms with Crippen LogP contribution in [0.1, 0.15) is 17.4 Å². The first-order chi connectivity index (χ1) is 14.9. The fraction of sp³-hybridized carbons (Fsp3) is 0.318. The van der Waals surface area contributed by atoms with E-state index in [1.165, 1.54) is 0 Å². The van der Waals surface area contributed by atoms with Crippen molar-refractivity contribution in [1.29, 1.82) is 0 Å². The van der Waals surface area contributed by atoms with Crippen LogP contribution < -0.4 is 14.8 Å². The number of rotatable bonds is 8.